The summed E-state index contributed by atoms with van der Waals surface area (Å²) in [5.41, 5.74) is 20.1. The van der Waals surface area contributed by atoms with Crippen LogP contribution < -0.4 is 43.8 Å². The Bertz CT molecular complexity index is 5250. The van der Waals surface area contributed by atoms with Crippen LogP contribution in [0, 0.1) is 0 Å². The van der Waals surface area contributed by atoms with E-state index in [0.29, 0.717) is 68.8 Å². The molecule has 14 rings (SSSR count). The number of hydrogen-bond acceptors (Lipinski definition) is 31. The summed E-state index contributed by atoms with van der Waals surface area (Å²) >= 11 is 12.3. The third-order valence-corrected chi connectivity index (χ3v) is 25.9. The van der Waals surface area contributed by atoms with Gasteiger partial charge in [-0.2, -0.15) is 0 Å². The minimum Gasteiger partial charge on any atom is -0.508 e. The maximum absolute atomic E-state index is 13.6. The van der Waals surface area contributed by atoms with Crippen molar-refractivity contribution in [1.29, 1.82) is 0 Å². The summed E-state index contributed by atoms with van der Waals surface area (Å²) in [6, 6.07) is 11.8. The highest BCUT2D eigenvalue weighted by molar-refractivity contribution is 8.01. The maximum atomic E-state index is 13.6. The SMILES string of the molecule is C/C=C\C1=C(C(=O)O)N2C(=O)[C@@H](NC(=O)[C@H](N)c3ccc(O)cc3)[C@H]2SC1.CCN1CCN(C(=O)N[C@@H](C(=O)N[C@@H]2C(=O)N3C(C(=O)O)=C(CSc4nnnn4C)CS[C@H]23)c2ccc(O)cc2)C(=O)C1=O.CO/N=C(\C(=O)N[C@@H]1C(=O)N2C(C(=O)O)=C(C)CS[C@H]12)c1csc(N)n1.N[C@@H](C(=O)N[C@@H]1C(=O)N2C(C(=O)O)=C(Cl)CC[C@H]12)c1ccccc1.O.O. The summed E-state index contributed by atoms with van der Waals surface area (Å²) < 4.78 is 1.44. The second-order valence-electron chi connectivity index (χ2n) is 27.2. The van der Waals surface area contributed by atoms with E-state index >= 15 is 0 Å². The molecule has 9 aliphatic rings. The number of aryl methyl sites for hydroxylation is 1. The molecular formula is C73H81ClN20O24S5. The number of nitrogens with zero attached hydrogens (tertiary/aromatic N) is 12. The van der Waals surface area contributed by atoms with Crippen LogP contribution in [0.2, 0.25) is 0 Å². The number of phenols is 2. The molecule has 11 heterocycles. The number of nitrogens with one attached hydrogen (secondary N) is 5. The molecule has 12 amide bonds. The van der Waals surface area contributed by atoms with Crippen LogP contribution >= 0.6 is 70.0 Å². The van der Waals surface area contributed by atoms with Gasteiger partial charge in [0.25, 0.3) is 29.5 Å². The Morgan fingerprint density at radius 3 is 1.70 bits per heavy atom. The van der Waals surface area contributed by atoms with Gasteiger partial charge in [-0.15, -0.1) is 51.7 Å². The van der Waals surface area contributed by atoms with Crippen molar-refractivity contribution < 1.29 is 118 Å². The minimum atomic E-state index is -1.42. The van der Waals surface area contributed by atoms with E-state index in [2.05, 4.69) is 57.1 Å². The average molecular weight is 1820 g/mol. The van der Waals surface area contributed by atoms with E-state index in [1.165, 1.54) is 122 Å². The van der Waals surface area contributed by atoms with Gasteiger partial charge in [0.15, 0.2) is 10.8 Å². The van der Waals surface area contributed by atoms with Crippen LogP contribution in [-0.2, 0) is 79.0 Å². The average Bonchev–Trinajstić information content (AvgIpc) is 1.57. The Balaban J connectivity index is 0.000000191. The molecule has 11 atom stereocenters. The zero-order valence-electron chi connectivity index (χ0n) is 65.2. The molecule has 50 heteroatoms. The zero-order valence-corrected chi connectivity index (χ0v) is 70.0. The third kappa shape index (κ3) is 19.9. The smallest absolute Gasteiger partial charge is 0.353 e. The first kappa shape index (κ1) is 94.4. The third-order valence-electron chi connectivity index (χ3n) is 19.7. The molecule has 0 aliphatic carbocycles. The number of piperazine rings is 1. The number of β-lactam (4-membered cyclic amide) rings is 4. The second kappa shape index (κ2) is 40.5. The van der Waals surface area contributed by atoms with Crippen molar-refractivity contribution in [2.24, 2.45) is 23.7 Å². The van der Waals surface area contributed by atoms with Gasteiger partial charge in [-0.1, -0.05) is 95.3 Å². The van der Waals surface area contributed by atoms with E-state index in [9.17, 15) is 103 Å². The van der Waals surface area contributed by atoms with Gasteiger partial charge >= 0.3 is 41.7 Å². The number of anilines is 1. The van der Waals surface area contributed by atoms with Crippen molar-refractivity contribution in [3.8, 4) is 11.5 Å². The van der Waals surface area contributed by atoms with Crippen LogP contribution in [0.15, 0.2) is 151 Å². The quantitative estimate of drug-likeness (QED) is 0.0116. The van der Waals surface area contributed by atoms with Crippen molar-refractivity contribution in [2.75, 3.05) is 55.5 Å². The number of carboxylic acids is 4. The molecule has 2 aromatic heterocycles. The molecule has 0 unspecified atom stereocenters. The van der Waals surface area contributed by atoms with Crippen molar-refractivity contribution in [3.63, 3.8) is 0 Å². The lowest BCUT2D eigenvalue weighted by molar-refractivity contribution is -0.156. The number of halogens is 1. The minimum absolute atomic E-state index is 0. The number of thioether (sulfide) groups is 4. The molecule has 5 aromatic rings. The summed E-state index contributed by atoms with van der Waals surface area (Å²) in [6.07, 6.45) is 4.24. The van der Waals surface area contributed by atoms with Gasteiger partial charge < -0.3 is 95.1 Å². The number of aliphatic carboxylic acids is 4. The van der Waals surface area contributed by atoms with E-state index in [1.54, 1.807) is 69.6 Å². The van der Waals surface area contributed by atoms with Crippen LogP contribution in [0.3, 0.4) is 0 Å². The number of likely N-dealkylation sites (N-methyl/N-ethyl adjacent to an activating group) is 1. The number of hydrogen-bond donors (Lipinski definition) is 14. The standard InChI is InChI=1S/C25H27N9O8S2.C18H19N3O5S.C16H16ClN3O4.C14H15N5O5S2.2H2O/c1-3-32-8-9-33(21(39)20(32)38)24(42)27-15(12-4-6-14(35)7-5-12)18(36)26-16-19(37)34-17(23(40)41)13(10-43-22(16)34)11-44-25-28-29-30-31(25)2;1-2-3-10-8-27-17-13(16(24)21(17)14(10)18(25)26)20-15(23)12(19)9-4-6-11(22)7-5-9;17-9-6-7-10-12(15(22)20(10)13(9)16(23)24)19-14(21)11(18)8-4-2-1-3-5-8;1-5-3-25-12-8(11(21)19(12)9(5)13(22)23)17-10(20)7(18-24-2)6-4-26-14(15)16-6;;/h4-7,15-16,22,35H,3,8-11H2,1-2H3,(H,26,36)(H,27,42)(H,40,41);2-7,12-13,17,22H,8,19H2,1H3,(H,20,23)(H,25,26);1-5,10-12H,6-7,18H2,(H,19,21)(H,23,24);4,8,12H,3H2,1-2H3,(H2,15,16)(H,17,20)(H,22,23);2*1H2/b;3-2-;;18-7-;;/t15-,16-,22-;12-,13-,17-;10-,11-,12+;8-,12-;;/m1111../s1. The molecule has 5 saturated heterocycles. The number of phenolic OH excluding ortho intramolecular Hbond substituents is 2. The maximum Gasteiger partial charge on any atom is 0.353 e. The molecule has 9 aliphatic heterocycles. The van der Waals surface area contributed by atoms with E-state index < -0.39 is 153 Å². The first-order valence-corrected chi connectivity index (χ1v) is 41.7. The summed E-state index contributed by atoms with van der Waals surface area (Å²) in [6.45, 7) is 5.48. The summed E-state index contributed by atoms with van der Waals surface area (Å²) in [4.78, 5) is 201. The van der Waals surface area contributed by atoms with Crippen LogP contribution in [-0.4, -0.2) is 287 Å². The molecule has 0 spiro atoms. The molecule has 0 saturated carbocycles. The highest BCUT2D eigenvalue weighted by atomic mass is 35.5. The van der Waals surface area contributed by atoms with Gasteiger partial charge in [0.05, 0.1) is 6.04 Å². The highest BCUT2D eigenvalue weighted by Gasteiger charge is 2.58. The molecule has 0 radical (unpaired) electrons. The lowest BCUT2D eigenvalue weighted by Crippen LogP contribution is -2.72. The highest BCUT2D eigenvalue weighted by Crippen LogP contribution is 2.45. The summed E-state index contributed by atoms with van der Waals surface area (Å²) in [5.74, 6) is -10.0. The monoisotopic (exact) mass is 1820 g/mol. The molecule has 0 bridgehead atoms. The molecule has 3 aromatic carbocycles. The van der Waals surface area contributed by atoms with Crippen LogP contribution in [0.4, 0.5) is 9.93 Å². The Hall–Kier alpha value is -12.5. The number of urea groups is 1. The fourth-order valence-electron chi connectivity index (χ4n) is 13.7. The van der Waals surface area contributed by atoms with Crippen molar-refractivity contribution in [1.82, 2.24) is 81.2 Å². The van der Waals surface area contributed by atoms with Gasteiger partial charge in [-0.3, -0.25) is 72.4 Å². The number of carboxylic acid groups (broad SMARTS) is 4. The number of nitrogens with two attached hydrogens (primary N) is 3. The number of oxime groups is 1. The number of aromatic nitrogens is 5. The number of fused-ring (bicyclic) bond motifs is 4. The zero-order chi connectivity index (χ0) is 87.9. The molecule has 44 nitrogen and oxygen atoms in total. The lowest BCUT2D eigenvalue weighted by Gasteiger charge is -2.49. The number of carbonyl (C=O) groups excluding carboxylic acids is 11. The fourth-order valence-corrected chi connectivity index (χ4v) is 19.4. The first-order chi connectivity index (χ1) is 57.6. The summed E-state index contributed by atoms with van der Waals surface area (Å²) in [7, 11) is 2.92. The largest absolute Gasteiger partial charge is 0.508 e. The number of aromatic hydroxyl groups is 2. The molecule has 21 N–H and O–H groups in total. The Morgan fingerprint density at radius 2 is 1.17 bits per heavy atom. The number of tetrazole rings is 1. The molecule has 5 fully saturated rings. The predicted octanol–water partition coefficient (Wildman–Crippen LogP) is -1.51. The summed E-state index contributed by atoms with van der Waals surface area (Å²) in [5, 5.41) is 85.4. The van der Waals surface area contributed by atoms with Crippen molar-refractivity contribution in [3.05, 3.63) is 163 Å². The topological polar surface area (TPSA) is 676 Å². The van der Waals surface area contributed by atoms with Gasteiger partial charge in [-0.05, 0) is 102 Å². The van der Waals surface area contributed by atoms with Gasteiger partial charge in [0.1, 0.15) is 106 Å². The Labute approximate surface area is 722 Å². The van der Waals surface area contributed by atoms with Gasteiger partial charge in [0, 0.05) is 60.1 Å². The van der Waals surface area contributed by atoms with Crippen molar-refractivity contribution >= 4 is 170 Å². The number of amides is 12. The Morgan fingerprint density at radius 1 is 0.659 bits per heavy atom. The van der Waals surface area contributed by atoms with E-state index in [1.807, 2.05) is 6.07 Å². The fraction of sp³-hybridized carbons (Fsp3) is 0.342. The number of benzene rings is 3. The lowest BCUT2D eigenvalue weighted by atomic mass is 9.86. The van der Waals surface area contributed by atoms with Gasteiger partial charge in [0.2, 0.25) is 22.9 Å². The van der Waals surface area contributed by atoms with Crippen LogP contribution in [0.25, 0.3) is 0 Å². The molecule has 123 heavy (non-hydrogen) atoms. The Kier molecular flexibility index (Phi) is 31.0. The number of allylic oxidation sites excluding steroid dienone is 3. The normalized spacial score (nSPS) is 21.9. The number of carbonyl (C=O) groups is 15. The van der Waals surface area contributed by atoms with E-state index in [4.69, 9.17) is 28.8 Å². The van der Waals surface area contributed by atoms with E-state index in [0.717, 1.165) is 21.1 Å². The van der Waals surface area contributed by atoms with Crippen molar-refractivity contribution in [2.45, 2.75) is 103 Å². The molecule has 654 valence electrons. The number of rotatable bonds is 23. The number of nitrogen functional groups attached to an aromatic ring is 1. The van der Waals surface area contributed by atoms with Crippen LogP contribution in [0.5, 0.6) is 11.5 Å². The second-order valence-corrected chi connectivity index (χ2v) is 32.8. The molecular weight excluding hydrogens is 1740 g/mol. The van der Waals surface area contributed by atoms with E-state index in [-0.39, 0.29) is 97.0 Å². The van der Waals surface area contributed by atoms with Crippen LogP contribution in [0.1, 0.15) is 74.1 Å². The number of thiazole rings is 1. The number of imide groups is 1. The predicted molar refractivity (Wildman–Crippen MR) is 440 cm³/mol. The van der Waals surface area contributed by atoms with Gasteiger partial charge in [-0.25, -0.2) is 33.6 Å². The first-order valence-electron chi connectivity index (χ1n) is 36.3.